The molecule has 0 aliphatic carbocycles. The predicted octanol–water partition coefficient (Wildman–Crippen LogP) is 3.50. The first kappa shape index (κ1) is 15.4. The fourth-order valence-electron chi connectivity index (χ4n) is 1.90. The average molecular weight is 267 g/mol. The summed E-state index contributed by atoms with van der Waals surface area (Å²) in [6.07, 6.45) is 0. The Morgan fingerprint density at radius 1 is 1.22 bits per heavy atom. The highest BCUT2D eigenvalue weighted by Crippen LogP contribution is 2.22. The molecule has 1 rings (SSSR count). The van der Waals surface area contributed by atoms with Crippen molar-refractivity contribution in [1.82, 2.24) is 0 Å². The monoisotopic (exact) mass is 267 g/mol. The Labute approximate surface area is 115 Å². The van der Waals surface area contributed by atoms with Crippen molar-refractivity contribution in [3.63, 3.8) is 0 Å². The SMILES string of the molecule is CCSc1ccc(N(C)CC(CO)C(C)C)cc1. The lowest BCUT2D eigenvalue weighted by atomic mass is 9.96. The molecule has 3 heteroatoms. The summed E-state index contributed by atoms with van der Waals surface area (Å²) < 4.78 is 0. The van der Waals surface area contributed by atoms with Gasteiger partial charge in [-0.05, 0) is 35.9 Å². The maximum atomic E-state index is 9.38. The molecule has 0 radical (unpaired) electrons. The van der Waals surface area contributed by atoms with E-state index in [1.807, 2.05) is 11.8 Å². The van der Waals surface area contributed by atoms with Crippen LogP contribution in [0, 0.1) is 11.8 Å². The number of hydrogen-bond acceptors (Lipinski definition) is 3. The molecule has 1 aromatic rings. The van der Waals surface area contributed by atoms with Crippen molar-refractivity contribution in [2.45, 2.75) is 25.7 Å². The van der Waals surface area contributed by atoms with Crippen LogP contribution >= 0.6 is 11.8 Å². The van der Waals surface area contributed by atoms with Crippen LogP contribution in [0.25, 0.3) is 0 Å². The molecule has 0 aliphatic rings. The highest BCUT2D eigenvalue weighted by atomic mass is 32.2. The highest BCUT2D eigenvalue weighted by molar-refractivity contribution is 7.99. The summed E-state index contributed by atoms with van der Waals surface area (Å²) in [5.41, 5.74) is 1.22. The number of nitrogens with zero attached hydrogens (tertiary/aromatic N) is 1. The fraction of sp³-hybridized carbons (Fsp3) is 0.600. The second-order valence-corrected chi connectivity index (χ2v) is 6.33. The first-order valence-electron chi connectivity index (χ1n) is 6.63. The molecule has 102 valence electrons. The van der Waals surface area contributed by atoms with Crippen molar-refractivity contribution in [2.24, 2.45) is 11.8 Å². The fourth-order valence-corrected chi connectivity index (χ4v) is 2.56. The lowest BCUT2D eigenvalue weighted by Crippen LogP contribution is -2.30. The van der Waals surface area contributed by atoms with Crippen molar-refractivity contribution in [3.05, 3.63) is 24.3 Å². The maximum absolute atomic E-state index is 9.38. The predicted molar refractivity (Wildman–Crippen MR) is 81.5 cm³/mol. The van der Waals surface area contributed by atoms with Gasteiger partial charge in [-0.15, -0.1) is 11.8 Å². The van der Waals surface area contributed by atoms with Crippen LogP contribution in [0.1, 0.15) is 20.8 Å². The number of thioether (sulfide) groups is 1. The van der Waals surface area contributed by atoms with Crippen LogP contribution in [0.5, 0.6) is 0 Å². The van der Waals surface area contributed by atoms with Crippen molar-refractivity contribution in [1.29, 1.82) is 0 Å². The standard InChI is InChI=1S/C15H25NOS/c1-5-18-15-8-6-14(7-9-15)16(4)10-13(11-17)12(2)3/h6-9,12-13,17H,5,10-11H2,1-4H3. The van der Waals surface area contributed by atoms with E-state index < -0.39 is 0 Å². The zero-order valence-electron chi connectivity index (χ0n) is 11.9. The van der Waals surface area contributed by atoms with Crippen LogP contribution in [0.4, 0.5) is 5.69 Å². The summed E-state index contributed by atoms with van der Waals surface area (Å²) >= 11 is 1.86. The Balaban J connectivity index is 2.63. The summed E-state index contributed by atoms with van der Waals surface area (Å²) in [6, 6.07) is 8.66. The minimum Gasteiger partial charge on any atom is -0.396 e. The van der Waals surface area contributed by atoms with E-state index in [0.29, 0.717) is 11.8 Å². The molecular formula is C15H25NOS. The molecule has 18 heavy (non-hydrogen) atoms. The van der Waals surface area contributed by atoms with Crippen LogP contribution in [0.15, 0.2) is 29.2 Å². The molecule has 2 nitrogen and oxygen atoms in total. The van der Waals surface area contributed by atoms with Crippen LogP contribution in [-0.4, -0.2) is 31.1 Å². The van der Waals surface area contributed by atoms with Crippen LogP contribution in [0.2, 0.25) is 0 Å². The number of aliphatic hydroxyl groups excluding tert-OH is 1. The average Bonchev–Trinajstić information content (AvgIpc) is 2.36. The normalized spacial score (nSPS) is 12.8. The molecule has 0 spiro atoms. The van der Waals surface area contributed by atoms with Crippen molar-refractivity contribution in [2.75, 3.05) is 30.9 Å². The van der Waals surface area contributed by atoms with Gasteiger partial charge in [-0.3, -0.25) is 0 Å². The molecule has 1 aromatic carbocycles. The highest BCUT2D eigenvalue weighted by Gasteiger charge is 2.14. The van der Waals surface area contributed by atoms with E-state index in [9.17, 15) is 5.11 Å². The Hall–Kier alpha value is -0.670. The van der Waals surface area contributed by atoms with Crippen LogP contribution in [0.3, 0.4) is 0 Å². The van der Waals surface area contributed by atoms with Crippen LogP contribution < -0.4 is 4.90 Å². The molecule has 0 heterocycles. The van der Waals surface area contributed by atoms with Gasteiger partial charge < -0.3 is 10.0 Å². The van der Waals surface area contributed by atoms with Gasteiger partial charge in [-0.25, -0.2) is 0 Å². The maximum Gasteiger partial charge on any atom is 0.0478 e. The molecule has 0 saturated heterocycles. The molecule has 0 aromatic heterocycles. The number of rotatable bonds is 7. The number of hydrogen-bond donors (Lipinski definition) is 1. The number of anilines is 1. The summed E-state index contributed by atoms with van der Waals surface area (Å²) in [4.78, 5) is 3.54. The third-order valence-corrected chi connectivity index (χ3v) is 4.17. The first-order chi connectivity index (χ1) is 8.58. The minimum atomic E-state index is 0.256. The minimum absolute atomic E-state index is 0.256. The number of benzene rings is 1. The molecule has 0 bridgehead atoms. The molecule has 0 aliphatic heterocycles. The molecule has 0 fully saturated rings. The molecule has 1 atom stereocenters. The topological polar surface area (TPSA) is 23.5 Å². The summed E-state index contributed by atoms with van der Waals surface area (Å²) in [7, 11) is 2.09. The van der Waals surface area contributed by atoms with E-state index in [1.165, 1.54) is 10.6 Å². The largest absolute Gasteiger partial charge is 0.396 e. The van der Waals surface area contributed by atoms with E-state index in [0.717, 1.165) is 12.3 Å². The molecule has 0 saturated carbocycles. The van der Waals surface area contributed by atoms with Gasteiger partial charge >= 0.3 is 0 Å². The van der Waals surface area contributed by atoms with Crippen molar-refractivity contribution in [3.8, 4) is 0 Å². The van der Waals surface area contributed by atoms with Gasteiger partial charge in [0.1, 0.15) is 0 Å². The third-order valence-electron chi connectivity index (χ3n) is 3.27. The van der Waals surface area contributed by atoms with Gasteiger partial charge in [-0.2, -0.15) is 0 Å². The van der Waals surface area contributed by atoms with Crippen molar-refractivity contribution < 1.29 is 5.11 Å². The second kappa shape index (κ2) is 7.70. The van der Waals surface area contributed by atoms with Gasteiger partial charge in [0.25, 0.3) is 0 Å². The Morgan fingerprint density at radius 2 is 1.83 bits per heavy atom. The molecular weight excluding hydrogens is 242 g/mol. The quantitative estimate of drug-likeness (QED) is 0.765. The van der Waals surface area contributed by atoms with Crippen LogP contribution in [-0.2, 0) is 0 Å². The van der Waals surface area contributed by atoms with E-state index >= 15 is 0 Å². The first-order valence-corrected chi connectivity index (χ1v) is 7.61. The Kier molecular flexibility index (Phi) is 6.58. The molecule has 1 N–H and O–H groups in total. The lowest BCUT2D eigenvalue weighted by Gasteiger charge is -2.27. The lowest BCUT2D eigenvalue weighted by molar-refractivity contribution is 0.193. The third kappa shape index (κ3) is 4.54. The summed E-state index contributed by atoms with van der Waals surface area (Å²) in [6.45, 7) is 7.64. The van der Waals surface area contributed by atoms with Gasteiger partial charge in [-0.1, -0.05) is 20.8 Å². The van der Waals surface area contributed by atoms with E-state index in [1.54, 1.807) is 0 Å². The second-order valence-electron chi connectivity index (χ2n) is 4.99. The smallest absolute Gasteiger partial charge is 0.0478 e. The summed E-state index contributed by atoms with van der Waals surface area (Å²) in [5, 5.41) is 9.38. The number of aliphatic hydroxyl groups is 1. The van der Waals surface area contributed by atoms with Crippen molar-refractivity contribution >= 4 is 17.4 Å². The Morgan fingerprint density at radius 3 is 2.28 bits per heavy atom. The molecule has 0 amide bonds. The zero-order valence-corrected chi connectivity index (χ0v) is 12.7. The van der Waals surface area contributed by atoms with E-state index in [4.69, 9.17) is 0 Å². The van der Waals surface area contributed by atoms with E-state index in [-0.39, 0.29) is 6.61 Å². The van der Waals surface area contributed by atoms with Gasteiger partial charge in [0.15, 0.2) is 0 Å². The van der Waals surface area contributed by atoms with Gasteiger partial charge in [0, 0.05) is 36.7 Å². The summed E-state index contributed by atoms with van der Waals surface area (Å²) in [5.74, 6) is 1.95. The van der Waals surface area contributed by atoms with Gasteiger partial charge in [0.05, 0.1) is 0 Å². The zero-order chi connectivity index (χ0) is 13.5. The van der Waals surface area contributed by atoms with Gasteiger partial charge in [0.2, 0.25) is 0 Å². The molecule has 1 unspecified atom stereocenters. The van der Waals surface area contributed by atoms with E-state index in [2.05, 4.69) is 57.0 Å². The Bertz CT molecular complexity index is 337.